The molecule has 0 amide bonds. The zero-order valence-corrected chi connectivity index (χ0v) is 15.9. The van der Waals surface area contributed by atoms with E-state index in [0.717, 1.165) is 5.56 Å². The van der Waals surface area contributed by atoms with Gasteiger partial charge in [-0.25, -0.2) is 17.5 Å². The van der Waals surface area contributed by atoms with E-state index < -0.39 is 15.9 Å². The highest BCUT2D eigenvalue weighted by Gasteiger charge is 2.18. The molecule has 3 N–H and O–H groups in total. The van der Waals surface area contributed by atoms with E-state index in [1.165, 1.54) is 30.3 Å². The van der Waals surface area contributed by atoms with Gasteiger partial charge in [0.2, 0.25) is 10.0 Å². The van der Waals surface area contributed by atoms with Gasteiger partial charge in [0.05, 0.1) is 4.90 Å². The molecule has 0 aromatic heterocycles. The van der Waals surface area contributed by atoms with Crippen LogP contribution in [0.5, 0.6) is 5.75 Å². The maximum atomic E-state index is 13.2. The number of sulfonamides is 1. The minimum atomic E-state index is -3.67. The van der Waals surface area contributed by atoms with Crippen LogP contribution < -0.4 is 15.2 Å². The monoisotopic (exact) mass is 400 g/mol. The summed E-state index contributed by atoms with van der Waals surface area (Å²) in [5, 5.41) is 0. The van der Waals surface area contributed by atoms with E-state index in [9.17, 15) is 12.8 Å². The Balaban J connectivity index is 0.00000338. The fourth-order valence-electron chi connectivity index (χ4n) is 2.16. The standard InChI is InChI=1S/C18H21FN2O3S.ClH/c1-14(15-5-3-2-4-6-15)21-25(22,23)18-9-7-17(8-10-18)24-13-16(19)11-12-20;/h2-11,14,21H,12-13,20H2,1H3;1H/b16-11-;/t14-;/m0./s1. The number of ether oxygens (including phenoxy) is 1. The Kier molecular flexibility index (Phi) is 8.74. The first-order chi connectivity index (χ1) is 11.9. The average molecular weight is 401 g/mol. The molecule has 26 heavy (non-hydrogen) atoms. The Bertz CT molecular complexity index is 812. The summed E-state index contributed by atoms with van der Waals surface area (Å²) in [5.41, 5.74) is 6.07. The van der Waals surface area contributed by atoms with Gasteiger partial charge in [-0.15, -0.1) is 12.4 Å². The summed E-state index contributed by atoms with van der Waals surface area (Å²) in [7, 11) is -3.67. The number of nitrogens with two attached hydrogens (primary N) is 1. The Morgan fingerprint density at radius 3 is 2.38 bits per heavy atom. The quantitative estimate of drug-likeness (QED) is 0.712. The van der Waals surface area contributed by atoms with E-state index in [0.29, 0.717) is 5.75 Å². The number of benzene rings is 2. The lowest BCUT2D eigenvalue weighted by Gasteiger charge is -2.15. The lowest BCUT2D eigenvalue weighted by atomic mass is 10.1. The van der Waals surface area contributed by atoms with Crippen molar-refractivity contribution in [1.29, 1.82) is 0 Å². The minimum Gasteiger partial charge on any atom is -0.487 e. The highest BCUT2D eigenvalue weighted by molar-refractivity contribution is 7.89. The van der Waals surface area contributed by atoms with Gasteiger partial charge in [0.15, 0.2) is 0 Å². The lowest BCUT2D eigenvalue weighted by molar-refractivity contribution is 0.318. The second-order valence-electron chi connectivity index (χ2n) is 5.40. The maximum absolute atomic E-state index is 13.2. The molecule has 0 spiro atoms. The van der Waals surface area contributed by atoms with E-state index in [2.05, 4.69) is 4.72 Å². The molecule has 0 bridgehead atoms. The molecule has 0 aliphatic heterocycles. The molecule has 2 aromatic carbocycles. The largest absolute Gasteiger partial charge is 0.487 e. The van der Waals surface area contributed by atoms with Crippen molar-refractivity contribution in [1.82, 2.24) is 4.72 Å². The molecule has 0 saturated heterocycles. The molecule has 0 aliphatic carbocycles. The van der Waals surface area contributed by atoms with E-state index in [4.69, 9.17) is 10.5 Å². The van der Waals surface area contributed by atoms with Crippen LogP contribution in [-0.4, -0.2) is 21.6 Å². The highest BCUT2D eigenvalue weighted by atomic mass is 35.5. The SMILES string of the molecule is C[C@H](NS(=O)(=O)c1ccc(OC/C(F)=C/CN)cc1)c1ccccc1.Cl. The van der Waals surface area contributed by atoms with E-state index in [1.54, 1.807) is 6.92 Å². The van der Waals surface area contributed by atoms with Crippen molar-refractivity contribution < 1.29 is 17.5 Å². The van der Waals surface area contributed by atoms with Crippen molar-refractivity contribution in [2.45, 2.75) is 17.9 Å². The highest BCUT2D eigenvalue weighted by Crippen LogP contribution is 2.19. The van der Waals surface area contributed by atoms with Gasteiger partial charge in [-0.1, -0.05) is 30.3 Å². The summed E-state index contributed by atoms with van der Waals surface area (Å²) in [4.78, 5) is 0.112. The van der Waals surface area contributed by atoms with Crippen LogP contribution in [0.25, 0.3) is 0 Å². The summed E-state index contributed by atoms with van der Waals surface area (Å²) in [6.07, 6.45) is 1.22. The van der Waals surface area contributed by atoms with Gasteiger partial charge in [0.25, 0.3) is 0 Å². The van der Waals surface area contributed by atoms with Crippen LogP contribution >= 0.6 is 12.4 Å². The van der Waals surface area contributed by atoms with Crippen LogP contribution in [0.2, 0.25) is 0 Å². The predicted molar refractivity (Wildman–Crippen MR) is 103 cm³/mol. The molecule has 2 rings (SSSR count). The maximum Gasteiger partial charge on any atom is 0.241 e. The Morgan fingerprint density at radius 1 is 1.19 bits per heavy atom. The second kappa shape index (κ2) is 10.3. The van der Waals surface area contributed by atoms with E-state index in [-0.39, 0.29) is 36.5 Å². The first-order valence-electron chi connectivity index (χ1n) is 7.77. The third-order valence-electron chi connectivity index (χ3n) is 3.48. The molecule has 0 unspecified atom stereocenters. The molecular formula is C18H22ClFN2O3S. The van der Waals surface area contributed by atoms with E-state index >= 15 is 0 Å². The minimum absolute atomic E-state index is 0. The average Bonchev–Trinajstić information content (AvgIpc) is 2.61. The Hall–Kier alpha value is -1.93. The summed E-state index contributed by atoms with van der Waals surface area (Å²) in [6, 6.07) is 14.7. The number of halogens is 2. The van der Waals surface area contributed by atoms with Crippen molar-refractivity contribution in [3.8, 4) is 5.75 Å². The van der Waals surface area contributed by atoms with Gasteiger partial charge in [-0.05, 0) is 42.8 Å². The van der Waals surface area contributed by atoms with Crippen LogP contribution in [0.3, 0.4) is 0 Å². The second-order valence-corrected chi connectivity index (χ2v) is 7.11. The molecule has 0 radical (unpaired) electrons. The third kappa shape index (κ3) is 6.42. The van der Waals surface area contributed by atoms with Gasteiger partial charge in [-0.2, -0.15) is 0 Å². The normalized spacial score (nSPS) is 13.0. The van der Waals surface area contributed by atoms with Crippen molar-refractivity contribution in [3.05, 3.63) is 72.1 Å². The summed E-state index contributed by atoms with van der Waals surface area (Å²) in [5.74, 6) is -0.104. The van der Waals surface area contributed by atoms with Gasteiger partial charge in [0, 0.05) is 12.6 Å². The molecule has 0 fully saturated rings. The van der Waals surface area contributed by atoms with Crippen LogP contribution in [0, 0.1) is 0 Å². The first kappa shape index (κ1) is 22.1. The van der Waals surface area contributed by atoms with Gasteiger partial charge in [0.1, 0.15) is 18.2 Å². The third-order valence-corrected chi connectivity index (χ3v) is 5.04. The van der Waals surface area contributed by atoms with Gasteiger partial charge >= 0.3 is 0 Å². The number of hydrogen-bond donors (Lipinski definition) is 2. The summed E-state index contributed by atoms with van der Waals surface area (Å²) >= 11 is 0. The molecule has 2 aromatic rings. The van der Waals surface area contributed by atoms with Crippen LogP contribution in [0.15, 0.2) is 71.4 Å². The molecular weight excluding hydrogens is 379 g/mol. The number of rotatable bonds is 8. The lowest BCUT2D eigenvalue weighted by Crippen LogP contribution is -2.26. The van der Waals surface area contributed by atoms with Gasteiger partial charge in [-0.3, -0.25) is 0 Å². The fourth-order valence-corrected chi connectivity index (χ4v) is 3.40. The molecule has 0 saturated carbocycles. The summed E-state index contributed by atoms with van der Waals surface area (Å²) in [6.45, 7) is 1.63. The smallest absolute Gasteiger partial charge is 0.241 e. The number of nitrogens with one attached hydrogen (secondary N) is 1. The number of hydrogen-bond acceptors (Lipinski definition) is 4. The molecule has 0 heterocycles. The van der Waals surface area contributed by atoms with Crippen LogP contribution in [0.4, 0.5) is 4.39 Å². The zero-order chi connectivity index (χ0) is 18.3. The van der Waals surface area contributed by atoms with Gasteiger partial charge < -0.3 is 10.5 Å². The Labute approximate surface area is 159 Å². The van der Waals surface area contributed by atoms with Crippen molar-refractivity contribution in [3.63, 3.8) is 0 Å². The first-order valence-corrected chi connectivity index (χ1v) is 9.25. The Morgan fingerprint density at radius 2 is 1.81 bits per heavy atom. The van der Waals surface area contributed by atoms with Crippen molar-refractivity contribution in [2.24, 2.45) is 5.73 Å². The van der Waals surface area contributed by atoms with E-state index in [1.807, 2.05) is 30.3 Å². The molecule has 5 nitrogen and oxygen atoms in total. The molecule has 0 aliphatic rings. The molecule has 142 valence electrons. The van der Waals surface area contributed by atoms with Crippen molar-refractivity contribution in [2.75, 3.05) is 13.2 Å². The van der Waals surface area contributed by atoms with Crippen LogP contribution in [0.1, 0.15) is 18.5 Å². The predicted octanol–water partition coefficient (Wildman–Crippen LogP) is 3.34. The summed E-state index contributed by atoms with van der Waals surface area (Å²) < 4.78 is 45.9. The van der Waals surface area contributed by atoms with Crippen LogP contribution in [-0.2, 0) is 10.0 Å². The topological polar surface area (TPSA) is 81.4 Å². The van der Waals surface area contributed by atoms with Crippen molar-refractivity contribution >= 4 is 22.4 Å². The molecule has 1 atom stereocenters. The molecule has 8 heteroatoms. The fraction of sp³-hybridized carbons (Fsp3) is 0.222. The zero-order valence-electron chi connectivity index (χ0n) is 14.3.